The van der Waals surface area contributed by atoms with Crippen LogP contribution in [-0.2, 0) is 4.79 Å². The topological polar surface area (TPSA) is 131 Å². The number of aromatic nitrogens is 4. The van der Waals surface area contributed by atoms with Crippen molar-refractivity contribution in [2.75, 3.05) is 30.3 Å². The molecule has 2 aromatic heterocycles. The smallest absolute Gasteiger partial charge is 0.429 e. The number of carboxylic acids is 1. The van der Waals surface area contributed by atoms with Gasteiger partial charge in [-0.05, 0) is 67.0 Å². The Bertz CT molecular complexity index is 1720. The molecule has 45 heavy (non-hydrogen) atoms. The zero-order valence-electron chi connectivity index (χ0n) is 24.3. The molecule has 6 rings (SSSR count). The monoisotopic (exact) mass is 641 g/mol. The van der Waals surface area contributed by atoms with Gasteiger partial charge in [0.25, 0.3) is 0 Å². The van der Waals surface area contributed by atoms with E-state index in [2.05, 4.69) is 20.4 Å². The maximum absolute atomic E-state index is 14.8. The zero-order chi connectivity index (χ0) is 31.9. The van der Waals surface area contributed by atoms with Gasteiger partial charge in [0, 0.05) is 42.5 Å². The van der Waals surface area contributed by atoms with Gasteiger partial charge < -0.3 is 25.8 Å². The number of nitrogens with zero attached hydrogens (tertiary/aromatic N) is 5. The number of anilines is 2. The van der Waals surface area contributed by atoms with Gasteiger partial charge in [0.15, 0.2) is 0 Å². The number of nitrogen functional groups attached to an aromatic ring is 1. The number of hydrogen-bond acceptors (Lipinski definition) is 8. The summed E-state index contributed by atoms with van der Waals surface area (Å²) >= 11 is 6.18. The van der Waals surface area contributed by atoms with E-state index >= 15 is 0 Å². The number of nitrogens with two attached hydrogens (primary N) is 1. The molecule has 10 nitrogen and oxygen atoms in total. The molecule has 14 heteroatoms. The lowest BCUT2D eigenvalue weighted by Gasteiger charge is -2.39. The number of piperidine rings is 1. The molecule has 2 saturated heterocycles. The fraction of sp³-hybridized carbons (Fsp3) is 0.355. The van der Waals surface area contributed by atoms with Gasteiger partial charge in [0.1, 0.15) is 11.9 Å². The Balaban J connectivity index is 1.30. The average molecular weight is 642 g/mol. The molecule has 4 N–H and O–H groups in total. The molecule has 0 bridgehead atoms. The predicted octanol–water partition coefficient (Wildman–Crippen LogP) is 5.59. The number of carbonyl (C=O) groups is 1. The molecule has 1 spiro atoms. The molecule has 0 amide bonds. The van der Waals surface area contributed by atoms with Crippen LogP contribution < -0.4 is 20.7 Å². The van der Waals surface area contributed by atoms with Gasteiger partial charge >= 0.3 is 12.1 Å². The van der Waals surface area contributed by atoms with Gasteiger partial charge in [0.2, 0.25) is 17.9 Å². The number of ether oxygens (including phenoxy) is 1. The zero-order valence-corrected chi connectivity index (χ0v) is 25.0. The van der Waals surface area contributed by atoms with E-state index in [4.69, 9.17) is 22.1 Å². The first kappa shape index (κ1) is 30.7. The molecule has 4 aromatic rings. The van der Waals surface area contributed by atoms with Crippen LogP contribution in [0, 0.1) is 12.3 Å². The normalized spacial score (nSPS) is 18.7. The van der Waals surface area contributed by atoms with Crippen molar-refractivity contribution in [1.29, 1.82) is 0 Å². The molecule has 2 aliphatic rings. The second-order valence-electron chi connectivity index (χ2n) is 11.6. The number of alkyl halides is 3. The second kappa shape index (κ2) is 11.9. The van der Waals surface area contributed by atoms with E-state index in [9.17, 15) is 23.1 Å². The summed E-state index contributed by atoms with van der Waals surface area (Å²) in [6.07, 6.45) is -3.73. The predicted molar refractivity (Wildman–Crippen MR) is 163 cm³/mol. The maximum Gasteiger partial charge on any atom is 0.429 e. The third-order valence-electron chi connectivity index (χ3n) is 8.49. The van der Waals surface area contributed by atoms with Crippen molar-refractivity contribution in [2.24, 2.45) is 5.41 Å². The molecule has 1 unspecified atom stereocenters. The summed E-state index contributed by atoms with van der Waals surface area (Å²) in [5.74, 6) is -1.08. The van der Waals surface area contributed by atoms with E-state index < -0.39 is 24.3 Å². The Morgan fingerprint density at radius 3 is 2.53 bits per heavy atom. The SMILES string of the molecule is Cc1ccn(-c2cc(-c3cccc(Cl)c3)ccc2C(Oc2cc(N3CCC4(CC3)CN[C@H](C(=O)O)C4)nc(N)n2)C(F)(F)F)n1. The second-order valence-corrected chi connectivity index (χ2v) is 12.0. The highest BCUT2D eigenvalue weighted by atomic mass is 35.5. The van der Waals surface area contributed by atoms with Crippen LogP contribution >= 0.6 is 11.6 Å². The van der Waals surface area contributed by atoms with E-state index in [0.29, 0.717) is 61.0 Å². The third kappa shape index (κ3) is 6.54. The van der Waals surface area contributed by atoms with Crippen LogP contribution in [0.2, 0.25) is 5.02 Å². The lowest BCUT2D eigenvalue weighted by Crippen LogP contribution is -2.41. The number of hydrogen-bond donors (Lipinski definition) is 3. The molecular formula is C31H31ClF3N7O3. The molecule has 2 fully saturated rings. The first-order valence-corrected chi connectivity index (χ1v) is 14.8. The van der Waals surface area contributed by atoms with E-state index in [-0.39, 0.29) is 28.5 Å². The maximum atomic E-state index is 14.8. The number of nitrogens with one attached hydrogen (secondary N) is 1. The summed E-state index contributed by atoms with van der Waals surface area (Å²) in [5, 5.41) is 17.3. The number of aryl methyl sites for hydroxylation is 1. The molecule has 2 aromatic carbocycles. The van der Waals surface area contributed by atoms with Crippen molar-refractivity contribution < 1.29 is 27.8 Å². The quantitative estimate of drug-likeness (QED) is 0.236. The first-order chi connectivity index (χ1) is 21.4. The highest BCUT2D eigenvalue weighted by molar-refractivity contribution is 6.30. The van der Waals surface area contributed by atoms with Crippen LogP contribution in [0.3, 0.4) is 0 Å². The van der Waals surface area contributed by atoms with E-state index in [1.54, 1.807) is 49.5 Å². The summed E-state index contributed by atoms with van der Waals surface area (Å²) in [6, 6.07) is 14.1. The Kier molecular flexibility index (Phi) is 8.08. The van der Waals surface area contributed by atoms with Crippen LogP contribution in [0.5, 0.6) is 5.88 Å². The summed E-state index contributed by atoms with van der Waals surface area (Å²) in [5.41, 5.74) is 7.82. The Morgan fingerprint density at radius 1 is 1.13 bits per heavy atom. The molecule has 4 heterocycles. The minimum Gasteiger partial charge on any atom is -0.480 e. The molecule has 0 saturated carbocycles. The van der Waals surface area contributed by atoms with E-state index in [1.807, 2.05) is 11.0 Å². The van der Waals surface area contributed by atoms with Gasteiger partial charge in [-0.3, -0.25) is 4.79 Å². The minimum atomic E-state index is -4.83. The lowest BCUT2D eigenvalue weighted by atomic mass is 9.76. The summed E-state index contributed by atoms with van der Waals surface area (Å²) < 4.78 is 51.3. The van der Waals surface area contributed by atoms with Crippen LogP contribution in [0.25, 0.3) is 16.8 Å². The van der Waals surface area contributed by atoms with Crippen LogP contribution in [0.1, 0.15) is 36.6 Å². The van der Waals surface area contributed by atoms with Crippen molar-refractivity contribution in [3.8, 4) is 22.7 Å². The summed E-state index contributed by atoms with van der Waals surface area (Å²) in [7, 11) is 0. The molecule has 236 valence electrons. The van der Waals surface area contributed by atoms with Crippen molar-refractivity contribution in [3.63, 3.8) is 0 Å². The first-order valence-electron chi connectivity index (χ1n) is 14.4. The van der Waals surface area contributed by atoms with Crippen molar-refractivity contribution >= 4 is 29.3 Å². The van der Waals surface area contributed by atoms with Crippen LogP contribution in [-0.4, -0.2) is 62.7 Å². The number of halogens is 4. The van der Waals surface area contributed by atoms with Gasteiger partial charge in [0.05, 0.1) is 11.4 Å². The Labute approximate surface area is 262 Å². The van der Waals surface area contributed by atoms with Gasteiger partial charge in [-0.2, -0.15) is 28.2 Å². The molecular weight excluding hydrogens is 611 g/mol. The third-order valence-corrected chi connectivity index (χ3v) is 8.72. The molecule has 2 aliphatic heterocycles. The molecule has 0 aliphatic carbocycles. The molecule has 2 atom stereocenters. The molecule has 0 radical (unpaired) electrons. The summed E-state index contributed by atoms with van der Waals surface area (Å²) in [6.45, 7) is 3.40. The largest absolute Gasteiger partial charge is 0.480 e. The fourth-order valence-electron chi connectivity index (χ4n) is 6.12. The van der Waals surface area contributed by atoms with Crippen molar-refractivity contribution in [3.05, 3.63) is 77.1 Å². The van der Waals surface area contributed by atoms with Crippen molar-refractivity contribution in [1.82, 2.24) is 25.1 Å². The van der Waals surface area contributed by atoms with E-state index in [0.717, 1.165) is 5.56 Å². The number of rotatable bonds is 7. The van der Waals surface area contributed by atoms with Gasteiger partial charge in [-0.15, -0.1) is 0 Å². The average Bonchev–Trinajstić information content (AvgIpc) is 3.62. The Hall–Kier alpha value is -4.36. The van der Waals surface area contributed by atoms with Crippen molar-refractivity contribution in [2.45, 2.75) is 44.5 Å². The number of carboxylic acid groups (broad SMARTS) is 1. The number of aliphatic carboxylic acids is 1. The lowest BCUT2D eigenvalue weighted by molar-refractivity contribution is -0.198. The Morgan fingerprint density at radius 2 is 1.89 bits per heavy atom. The minimum absolute atomic E-state index is 0.155. The standard InChI is InChI=1S/C31H31ClF3N7O3/c1-18-7-10-42(40-18)24-14-20(19-3-2-4-21(32)13-19)5-6-22(24)27(31(33,34)35)45-26-15-25(38-29(36)39-26)41-11-8-30(9-12-41)16-23(28(43)44)37-17-30/h2-7,10,13-15,23,27,37H,8-9,11-12,16-17H2,1H3,(H,43,44)(H2,36,38,39)/t23-,27?/m0/s1. The number of benzene rings is 2. The summed E-state index contributed by atoms with van der Waals surface area (Å²) in [4.78, 5) is 21.6. The fourth-order valence-corrected chi connectivity index (χ4v) is 6.31. The highest BCUT2D eigenvalue weighted by Crippen LogP contribution is 2.43. The van der Waals surface area contributed by atoms with Gasteiger partial charge in [-0.1, -0.05) is 35.9 Å². The van der Waals surface area contributed by atoms with Crippen LogP contribution in [0.4, 0.5) is 24.9 Å². The highest BCUT2D eigenvalue weighted by Gasteiger charge is 2.46. The van der Waals surface area contributed by atoms with Crippen LogP contribution in [0.15, 0.2) is 60.8 Å². The van der Waals surface area contributed by atoms with E-state index in [1.165, 1.54) is 16.8 Å². The van der Waals surface area contributed by atoms with Gasteiger partial charge in [-0.25, -0.2) is 4.68 Å².